The minimum Gasteiger partial charge on any atom is -0.489 e. The summed E-state index contributed by atoms with van der Waals surface area (Å²) < 4.78 is 17.7. The fraction of sp³-hybridized carbons (Fsp3) is 0.438. The molecule has 0 bridgehead atoms. The van der Waals surface area contributed by atoms with E-state index >= 15 is 0 Å². The summed E-state index contributed by atoms with van der Waals surface area (Å²) in [4.78, 5) is 12.0. The van der Waals surface area contributed by atoms with Crippen molar-refractivity contribution in [3.8, 4) is 5.75 Å². The van der Waals surface area contributed by atoms with Gasteiger partial charge in [0.1, 0.15) is 12.4 Å². The molecule has 0 aromatic heterocycles. The number of ketones is 1. The van der Waals surface area contributed by atoms with E-state index in [0.29, 0.717) is 29.6 Å². The first-order valence-corrected chi connectivity index (χ1v) is 6.60. The summed E-state index contributed by atoms with van der Waals surface area (Å²) in [5.74, 6) is 0.695. The number of hydrogen-bond donors (Lipinski definition) is 1. The van der Waals surface area contributed by atoms with Gasteiger partial charge in [0.05, 0.1) is 6.33 Å². The van der Waals surface area contributed by atoms with E-state index in [9.17, 15) is 9.18 Å². The maximum Gasteiger partial charge on any atom is 0.163 e. The molecule has 0 aliphatic rings. The predicted octanol–water partition coefficient (Wildman–Crippen LogP) is 3.50. The van der Waals surface area contributed by atoms with Crippen LogP contribution >= 0.6 is 0 Å². The molecular weight excluding hydrogens is 257 g/mol. The minimum atomic E-state index is -0.0335. The van der Waals surface area contributed by atoms with Gasteiger partial charge in [0, 0.05) is 24.1 Å². The molecule has 0 saturated carbocycles. The highest BCUT2D eigenvalue weighted by Gasteiger charge is 2.17. The molecule has 2 N–H and O–H groups in total. The minimum absolute atomic E-state index is 0.0335. The molecule has 0 saturated heterocycles. The Kier molecular flexibility index (Phi) is 5.89. The average Bonchev–Trinajstić information content (AvgIpc) is 2.38. The van der Waals surface area contributed by atoms with Crippen molar-refractivity contribution in [2.45, 2.75) is 27.2 Å². The fourth-order valence-electron chi connectivity index (χ4n) is 1.63. The van der Waals surface area contributed by atoms with E-state index in [2.05, 4.69) is 0 Å². The Morgan fingerprint density at radius 3 is 2.35 bits per heavy atom. The van der Waals surface area contributed by atoms with Gasteiger partial charge in [-0.2, -0.15) is 0 Å². The van der Waals surface area contributed by atoms with Crippen molar-refractivity contribution >= 4 is 5.78 Å². The van der Waals surface area contributed by atoms with Crippen molar-refractivity contribution in [2.24, 2.45) is 11.1 Å². The Morgan fingerprint density at radius 1 is 1.30 bits per heavy atom. The van der Waals surface area contributed by atoms with Gasteiger partial charge in [0.2, 0.25) is 0 Å². The zero-order valence-electron chi connectivity index (χ0n) is 12.3. The fourth-order valence-corrected chi connectivity index (χ4v) is 1.63. The number of hydrogen-bond acceptors (Lipinski definition) is 3. The maximum absolute atomic E-state index is 12.3. The van der Waals surface area contributed by atoms with Crippen LogP contribution in [-0.4, -0.2) is 18.9 Å². The number of carbonyl (C=O) groups is 1. The van der Waals surface area contributed by atoms with Gasteiger partial charge in [-0.25, -0.2) is 4.39 Å². The molecule has 0 heterocycles. The third-order valence-electron chi connectivity index (χ3n) is 2.71. The van der Waals surface area contributed by atoms with Crippen LogP contribution in [0, 0.1) is 5.41 Å². The van der Waals surface area contributed by atoms with Crippen molar-refractivity contribution < 1.29 is 13.9 Å². The molecule has 0 radical (unpaired) electrons. The first-order chi connectivity index (χ1) is 9.35. The van der Waals surface area contributed by atoms with Crippen LogP contribution in [0.1, 0.15) is 37.6 Å². The van der Waals surface area contributed by atoms with Crippen LogP contribution in [0.5, 0.6) is 5.75 Å². The predicted molar refractivity (Wildman–Crippen MR) is 78.6 cm³/mol. The Hall–Kier alpha value is -1.68. The van der Waals surface area contributed by atoms with E-state index in [0.717, 1.165) is 0 Å². The topological polar surface area (TPSA) is 52.3 Å². The van der Waals surface area contributed by atoms with Gasteiger partial charge >= 0.3 is 0 Å². The van der Waals surface area contributed by atoms with Gasteiger partial charge in [0.15, 0.2) is 5.78 Å². The molecule has 0 aliphatic carbocycles. The summed E-state index contributed by atoms with van der Waals surface area (Å²) in [6, 6.07) is 6.87. The highest BCUT2D eigenvalue weighted by atomic mass is 19.1. The summed E-state index contributed by atoms with van der Waals surface area (Å²) in [6.07, 6.45) is 0.955. The van der Waals surface area contributed by atoms with E-state index in [-0.39, 0.29) is 24.3 Å². The largest absolute Gasteiger partial charge is 0.489 e. The van der Waals surface area contributed by atoms with Crippen molar-refractivity contribution in [1.29, 1.82) is 0 Å². The summed E-state index contributed by atoms with van der Waals surface area (Å²) in [5, 5.41) is 0. The van der Waals surface area contributed by atoms with E-state index in [1.54, 1.807) is 24.3 Å². The molecule has 4 heteroatoms. The Bertz CT molecular complexity index is 472. The molecule has 3 nitrogen and oxygen atoms in total. The SMILES string of the molecule is CC(C)(C)CC(=O)c1ccc(OC/C(=C/F)CN)cc1. The number of carbonyl (C=O) groups excluding carboxylic acids is 1. The third kappa shape index (κ3) is 5.53. The summed E-state index contributed by atoms with van der Waals surface area (Å²) in [5.41, 5.74) is 6.35. The van der Waals surface area contributed by atoms with Gasteiger partial charge in [-0.3, -0.25) is 4.79 Å². The number of halogens is 1. The van der Waals surface area contributed by atoms with Gasteiger partial charge in [-0.1, -0.05) is 20.8 Å². The number of Topliss-reactive ketones (excluding diaryl/α,β-unsaturated/α-hetero) is 1. The van der Waals surface area contributed by atoms with Crippen molar-refractivity contribution in [1.82, 2.24) is 0 Å². The van der Waals surface area contributed by atoms with Crippen LogP contribution in [0.25, 0.3) is 0 Å². The van der Waals surface area contributed by atoms with Gasteiger partial charge in [-0.15, -0.1) is 0 Å². The second-order valence-corrected chi connectivity index (χ2v) is 5.95. The van der Waals surface area contributed by atoms with Crippen LogP contribution in [0.2, 0.25) is 0 Å². The Balaban J connectivity index is 2.63. The van der Waals surface area contributed by atoms with Crippen LogP contribution in [0.15, 0.2) is 36.2 Å². The van der Waals surface area contributed by atoms with Crippen molar-refractivity contribution in [3.63, 3.8) is 0 Å². The zero-order chi connectivity index (χ0) is 15.2. The maximum atomic E-state index is 12.3. The van der Waals surface area contributed by atoms with E-state index < -0.39 is 0 Å². The quantitative estimate of drug-likeness (QED) is 0.811. The second-order valence-electron chi connectivity index (χ2n) is 5.95. The monoisotopic (exact) mass is 279 g/mol. The molecule has 110 valence electrons. The van der Waals surface area contributed by atoms with Crippen LogP contribution in [-0.2, 0) is 0 Å². The highest BCUT2D eigenvalue weighted by Crippen LogP contribution is 2.22. The average molecular weight is 279 g/mol. The number of nitrogens with two attached hydrogens (primary N) is 1. The van der Waals surface area contributed by atoms with E-state index in [1.807, 2.05) is 20.8 Å². The molecule has 1 aromatic rings. The van der Waals surface area contributed by atoms with Gasteiger partial charge in [0.25, 0.3) is 0 Å². The van der Waals surface area contributed by atoms with Crippen LogP contribution in [0.4, 0.5) is 4.39 Å². The zero-order valence-corrected chi connectivity index (χ0v) is 12.3. The first-order valence-electron chi connectivity index (χ1n) is 6.60. The number of benzene rings is 1. The number of ether oxygens (including phenoxy) is 1. The second kappa shape index (κ2) is 7.20. The molecule has 0 fully saturated rings. The van der Waals surface area contributed by atoms with Crippen LogP contribution in [0.3, 0.4) is 0 Å². The van der Waals surface area contributed by atoms with E-state index in [1.165, 1.54) is 0 Å². The lowest BCUT2D eigenvalue weighted by Crippen LogP contribution is -2.13. The standard InChI is InChI=1S/C16H22FNO2/c1-16(2,3)8-15(19)13-4-6-14(7-5-13)20-11-12(9-17)10-18/h4-7,9H,8,10-11,18H2,1-3H3/b12-9+. The summed E-state index contributed by atoms with van der Waals surface area (Å²) in [6.45, 7) is 6.32. The smallest absolute Gasteiger partial charge is 0.163 e. The van der Waals surface area contributed by atoms with Crippen molar-refractivity contribution in [3.05, 3.63) is 41.7 Å². The molecule has 0 aliphatic heterocycles. The molecule has 0 unspecified atom stereocenters. The third-order valence-corrected chi connectivity index (χ3v) is 2.71. The lowest BCUT2D eigenvalue weighted by atomic mass is 9.88. The Labute approximate surface area is 119 Å². The Morgan fingerprint density at radius 2 is 1.90 bits per heavy atom. The van der Waals surface area contributed by atoms with Crippen molar-refractivity contribution in [2.75, 3.05) is 13.2 Å². The molecule has 0 amide bonds. The molecular formula is C16H22FNO2. The summed E-state index contributed by atoms with van der Waals surface area (Å²) in [7, 11) is 0. The van der Waals surface area contributed by atoms with E-state index in [4.69, 9.17) is 10.5 Å². The molecule has 1 aromatic carbocycles. The highest BCUT2D eigenvalue weighted by molar-refractivity contribution is 5.96. The molecule has 20 heavy (non-hydrogen) atoms. The molecule has 0 atom stereocenters. The molecule has 1 rings (SSSR count). The van der Waals surface area contributed by atoms with Gasteiger partial charge in [-0.05, 0) is 29.7 Å². The normalized spacial score (nSPS) is 12.3. The van der Waals surface area contributed by atoms with Gasteiger partial charge < -0.3 is 10.5 Å². The number of rotatable bonds is 6. The lowest BCUT2D eigenvalue weighted by molar-refractivity contribution is 0.0940. The first kappa shape index (κ1) is 16.4. The molecule has 0 spiro atoms. The summed E-state index contributed by atoms with van der Waals surface area (Å²) >= 11 is 0. The lowest BCUT2D eigenvalue weighted by Gasteiger charge is -2.16. The van der Waals surface area contributed by atoms with Crippen LogP contribution < -0.4 is 10.5 Å².